The van der Waals surface area contributed by atoms with E-state index in [9.17, 15) is 9.50 Å². The smallest absolute Gasteiger partial charge is 0.128 e. The molecule has 0 aliphatic rings. The number of benzene rings is 1. The van der Waals surface area contributed by atoms with E-state index >= 15 is 0 Å². The maximum absolute atomic E-state index is 13.5. The van der Waals surface area contributed by atoms with Gasteiger partial charge in [-0.15, -0.1) is 0 Å². The molecule has 0 aliphatic carbocycles. The summed E-state index contributed by atoms with van der Waals surface area (Å²) in [5.74, 6) is -0.327. The van der Waals surface area contributed by atoms with Crippen LogP contribution in [0.25, 0.3) is 0 Å². The second-order valence-corrected chi connectivity index (χ2v) is 4.26. The Balaban J connectivity index is 2.73. The molecule has 0 amide bonds. The van der Waals surface area contributed by atoms with Crippen molar-refractivity contribution in [2.24, 2.45) is 0 Å². The molecule has 0 fully saturated rings. The Labute approximate surface area is 103 Å². The molecule has 90 valence electrons. The maximum Gasteiger partial charge on any atom is 0.128 e. The van der Waals surface area contributed by atoms with Crippen molar-refractivity contribution in [1.29, 1.82) is 0 Å². The van der Waals surface area contributed by atoms with Crippen LogP contribution >= 0.6 is 15.9 Å². The van der Waals surface area contributed by atoms with Crippen molar-refractivity contribution in [3.8, 4) is 0 Å². The fourth-order valence-corrected chi connectivity index (χ4v) is 1.77. The van der Waals surface area contributed by atoms with E-state index in [-0.39, 0.29) is 12.4 Å². The van der Waals surface area contributed by atoms with Crippen LogP contribution < -0.4 is 5.32 Å². The maximum atomic E-state index is 13.5. The molecule has 1 aromatic carbocycles. The van der Waals surface area contributed by atoms with Crippen LogP contribution in [0.15, 0.2) is 22.7 Å². The number of ether oxygens (including phenoxy) is 1. The van der Waals surface area contributed by atoms with Crippen molar-refractivity contribution >= 4 is 15.9 Å². The fraction of sp³-hybridized carbons (Fsp3) is 0.455. The molecule has 0 radical (unpaired) electrons. The average Bonchev–Trinajstić information content (AvgIpc) is 2.28. The molecular weight excluding hydrogens is 277 g/mol. The third kappa shape index (κ3) is 3.83. The van der Waals surface area contributed by atoms with E-state index in [2.05, 4.69) is 21.2 Å². The molecule has 0 heterocycles. The Bertz CT molecular complexity index is 336. The topological polar surface area (TPSA) is 41.5 Å². The van der Waals surface area contributed by atoms with E-state index in [1.165, 1.54) is 6.07 Å². The van der Waals surface area contributed by atoms with Gasteiger partial charge in [0.1, 0.15) is 5.82 Å². The Morgan fingerprint density at radius 3 is 2.94 bits per heavy atom. The fourth-order valence-electron chi connectivity index (χ4n) is 1.39. The lowest BCUT2D eigenvalue weighted by molar-refractivity contribution is 0.183. The molecule has 1 unspecified atom stereocenters. The van der Waals surface area contributed by atoms with Crippen molar-refractivity contribution in [1.82, 2.24) is 5.32 Å². The van der Waals surface area contributed by atoms with Crippen molar-refractivity contribution in [2.45, 2.75) is 6.04 Å². The summed E-state index contributed by atoms with van der Waals surface area (Å²) in [7, 11) is 1.59. The lowest BCUT2D eigenvalue weighted by atomic mass is 10.1. The Morgan fingerprint density at radius 1 is 1.56 bits per heavy atom. The lowest BCUT2D eigenvalue weighted by Gasteiger charge is -2.17. The number of methoxy groups -OCH3 is 1. The number of rotatable bonds is 6. The van der Waals surface area contributed by atoms with Gasteiger partial charge in [-0.3, -0.25) is 0 Å². The minimum absolute atomic E-state index is 0.156. The molecule has 3 nitrogen and oxygen atoms in total. The summed E-state index contributed by atoms with van der Waals surface area (Å²) < 4.78 is 19.2. The predicted molar refractivity (Wildman–Crippen MR) is 63.8 cm³/mol. The molecular formula is C11H15BrFNO2. The molecule has 1 rings (SSSR count). The summed E-state index contributed by atoms with van der Waals surface area (Å²) in [5.41, 5.74) is 0.452. The minimum atomic E-state index is -0.410. The van der Waals surface area contributed by atoms with E-state index in [0.29, 0.717) is 18.7 Å². The van der Waals surface area contributed by atoms with Crippen LogP contribution in [0.5, 0.6) is 0 Å². The van der Waals surface area contributed by atoms with Crippen molar-refractivity contribution in [2.75, 3.05) is 26.9 Å². The van der Waals surface area contributed by atoms with E-state index in [1.807, 2.05) is 0 Å². The second-order valence-electron chi connectivity index (χ2n) is 3.35. The van der Waals surface area contributed by atoms with Crippen LogP contribution in [-0.4, -0.2) is 32.0 Å². The molecule has 0 spiro atoms. The molecule has 16 heavy (non-hydrogen) atoms. The molecule has 0 bridgehead atoms. The molecule has 0 aliphatic heterocycles. The van der Waals surface area contributed by atoms with E-state index in [0.717, 1.165) is 4.47 Å². The zero-order valence-electron chi connectivity index (χ0n) is 9.04. The molecule has 5 heteroatoms. The van der Waals surface area contributed by atoms with Crippen molar-refractivity contribution in [3.63, 3.8) is 0 Å². The summed E-state index contributed by atoms with van der Waals surface area (Å²) >= 11 is 3.27. The molecule has 1 aromatic rings. The standard InChI is InChI=1S/C11H15BrFNO2/c1-16-5-4-14-11(7-15)9-6-8(12)2-3-10(9)13/h2-3,6,11,14-15H,4-5,7H2,1H3. The molecule has 0 aromatic heterocycles. The van der Waals surface area contributed by atoms with Crippen LogP contribution in [0, 0.1) is 5.82 Å². The van der Waals surface area contributed by atoms with Crippen molar-refractivity contribution in [3.05, 3.63) is 34.1 Å². The minimum Gasteiger partial charge on any atom is -0.394 e. The first kappa shape index (κ1) is 13.6. The predicted octanol–water partition coefficient (Wildman–Crippen LogP) is 1.86. The van der Waals surface area contributed by atoms with Crippen LogP contribution in [0.1, 0.15) is 11.6 Å². The number of hydrogen-bond acceptors (Lipinski definition) is 3. The quantitative estimate of drug-likeness (QED) is 0.786. The van der Waals surface area contributed by atoms with Crippen LogP contribution in [0.4, 0.5) is 4.39 Å². The van der Waals surface area contributed by atoms with Crippen molar-refractivity contribution < 1.29 is 14.2 Å². The second kappa shape index (κ2) is 6.96. The van der Waals surface area contributed by atoms with Gasteiger partial charge in [0.2, 0.25) is 0 Å². The largest absolute Gasteiger partial charge is 0.394 e. The summed E-state index contributed by atoms with van der Waals surface area (Å²) in [6.45, 7) is 0.927. The van der Waals surface area contributed by atoms with Crippen LogP contribution in [0.3, 0.4) is 0 Å². The van der Waals surface area contributed by atoms with Gasteiger partial charge in [-0.25, -0.2) is 4.39 Å². The number of aliphatic hydroxyl groups excluding tert-OH is 1. The number of nitrogens with one attached hydrogen (secondary N) is 1. The third-order valence-electron chi connectivity index (χ3n) is 2.21. The van der Waals surface area contributed by atoms with Gasteiger partial charge in [-0.05, 0) is 18.2 Å². The Hall–Kier alpha value is -0.490. The van der Waals surface area contributed by atoms with Gasteiger partial charge in [0, 0.05) is 23.7 Å². The molecule has 0 saturated heterocycles. The van der Waals surface area contributed by atoms with Gasteiger partial charge in [0.05, 0.1) is 19.3 Å². The first-order chi connectivity index (χ1) is 7.69. The lowest BCUT2D eigenvalue weighted by Crippen LogP contribution is -2.28. The highest BCUT2D eigenvalue weighted by atomic mass is 79.9. The number of hydrogen-bond donors (Lipinski definition) is 2. The first-order valence-corrected chi connectivity index (χ1v) is 5.76. The third-order valence-corrected chi connectivity index (χ3v) is 2.71. The van der Waals surface area contributed by atoms with E-state index in [4.69, 9.17) is 4.74 Å². The summed E-state index contributed by atoms with van der Waals surface area (Å²) in [6.07, 6.45) is 0. The van der Waals surface area contributed by atoms with Crippen LogP contribution in [-0.2, 0) is 4.74 Å². The molecule has 0 saturated carbocycles. The molecule has 2 N–H and O–H groups in total. The van der Waals surface area contributed by atoms with Gasteiger partial charge in [0.15, 0.2) is 0 Å². The van der Waals surface area contributed by atoms with E-state index in [1.54, 1.807) is 19.2 Å². The van der Waals surface area contributed by atoms with Gasteiger partial charge >= 0.3 is 0 Å². The molecule has 1 atom stereocenters. The van der Waals surface area contributed by atoms with Gasteiger partial charge < -0.3 is 15.2 Å². The summed E-state index contributed by atoms with van der Waals surface area (Å²) in [5, 5.41) is 12.2. The first-order valence-electron chi connectivity index (χ1n) is 4.97. The number of aliphatic hydroxyl groups is 1. The highest BCUT2D eigenvalue weighted by Crippen LogP contribution is 2.21. The van der Waals surface area contributed by atoms with E-state index < -0.39 is 6.04 Å². The zero-order chi connectivity index (χ0) is 12.0. The summed E-state index contributed by atoms with van der Waals surface area (Å²) in [6, 6.07) is 4.26. The number of halogens is 2. The van der Waals surface area contributed by atoms with Gasteiger partial charge in [-0.2, -0.15) is 0 Å². The Kier molecular flexibility index (Phi) is 5.90. The monoisotopic (exact) mass is 291 g/mol. The average molecular weight is 292 g/mol. The van der Waals surface area contributed by atoms with Gasteiger partial charge in [-0.1, -0.05) is 15.9 Å². The zero-order valence-corrected chi connectivity index (χ0v) is 10.6. The van der Waals surface area contributed by atoms with Gasteiger partial charge in [0.25, 0.3) is 0 Å². The highest BCUT2D eigenvalue weighted by molar-refractivity contribution is 9.10. The SMILES string of the molecule is COCCNC(CO)c1cc(Br)ccc1F. The normalized spacial score (nSPS) is 12.8. The highest BCUT2D eigenvalue weighted by Gasteiger charge is 2.14. The summed E-state index contributed by atoms with van der Waals surface area (Å²) in [4.78, 5) is 0. The van der Waals surface area contributed by atoms with Crippen LogP contribution in [0.2, 0.25) is 0 Å². The Morgan fingerprint density at radius 2 is 2.31 bits per heavy atom.